The zero-order chi connectivity index (χ0) is 20.5. The van der Waals surface area contributed by atoms with Crippen molar-refractivity contribution in [2.45, 2.75) is 34.1 Å². The summed E-state index contributed by atoms with van der Waals surface area (Å²) in [6, 6.07) is 10.9. The van der Waals surface area contributed by atoms with E-state index in [0.29, 0.717) is 0 Å². The van der Waals surface area contributed by atoms with Crippen LogP contribution in [0.1, 0.15) is 13.8 Å². The molecule has 10 heteroatoms. The van der Waals surface area contributed by atoms with Crippen molar-refractivity contribution in [3.05, 3.63) is 53.6 Å². The first-order valence-corrected chi connectivity index (χ1v) is 11.0. The van der Waals surface area contributed by atoms with Crippen LogP contribution in [0.5, 0.6) is 0 Å². The van der Waals surface area contributed by atoms with Gasteiger partial charge in [0.15, 0.2) is 0 Å². The van der Waals surface area contributed by atoms with Crippen LogP contribution < -0.4 is 4.72 Å². The molecule has 146 valence electrons. The summed E-state index contributed by atoms with van der Waals surface area (Å²) in [5, 5.41) is -0.185. The number of halogens is 1. The molecule has 0 aliphatic rings. The Hall–Kier alpha value is -1.94. The normalized spacial score (nSPS) is 12.6. The van der Waals surface area contributed by atoms with Gasteiger partial charge in [0.25, 0.3) is 0 Å². The van der Waals surface area contributed by atoms with Crippen molar-refractivity contribution in [3.8, 4) is 0 Å². The smallest absolute Gasteiger partial charge is 0.326 e. The minimum absolute atomic E-state index is 0.0125. The molecule has 2 aromatic rings. The van der Waals surface area contributed by atoms with Gasteiger partial charge in [-0.15, -0.1) is 0 Å². The van der Waals surface area contributed by atoms with Gasteiger partial charge >= 0.3 is 5.97 Å². The Kier molecular flexibility index (Phi) is 6.00. The number of nitrogens with one attached hydrogen (secondary N) is 1. The van der Waals surface area contributed by atoms with Gasteiger partial charge in [-0.25, -0.2) is 16.8 Å². The number of methoxy groups -OCH3 is 1. The van der Waals surface area contributed by atoms with E-state index in [9.17, 15) is 21.6 Å². The summed E-state index contributed by atoms with van der Waals surface area (Å²) < 4.78 is 57.6. The van der Waals surface area contributed by atoms with Gasteiger partial charge in [0.05, 0.1) is 21.9 Å². The third-order valence-corrected chi connectivity index (χ3v) is 7.55. The van der Waals surface area contributed by atoms with Gasteiger partial charge in [-0.05, 0) is 44.2 Å². The molecule has 7 nitrogen and oxygen atoms in total. The summed E-state index contributed by atoms with van der Waals surface area (Å²) in [4.78, 5) is 11.1. The van der Waals surface area contributed by atoms with E-state index in [4.69, 9.17) is 11.6 Å². The second-order valence-electron chi connectivity index (χ2n) is 6.13. The van der Waals surface area contributed by atoms with E-state index in [-0.39, 0.29) is 14.8 Å². The van der Waals surface area contributed by atoms with Crippen LogP contribution in [-0.2, 0) is 29.4 Å². The van der Waals surface area contributed by atoms with Gasteiger partial charge in [0.2, 0.25) is 19.9 Å². The highest BCUT2D eigenvalue weighted by Gasteiger charge is 2.35. The third-order valence-electron chi connectivity index (χ3n) is 3.64. The van der Waals surface area contributed by atoms with Crippen LogP contribution in [-0.4, -0.2) is 35.5 Å². The van der Waals surface area contributed by atoms with Gasteiger partial charge in [-0.3, -0.25) is 4.79 Å². The van der Waals surface area contributed by atoms with Crippen molar-refractivity contribution in [1.29, 1.82) is 0 Å². The van der Waals surface area contributed by atoms with Crippen LogP contribution >= 0.6 is 11.6 Å². The molecule has 1 N–H and O–H groups in total. The molecule has 0 saturated carbocycles. The van der Waals surface area contributed by atoms with Crippen LogP contribution in [0.25, 0.3) is 0 Å². The number of rotatable bonds is 6. The van der Waals surface area contributed by atoms with Crippen molar-refractivity contribution in [3.63, 3.8) is 0 Å². The quantitative estimate of drug-likeness (QED) is 0.704. The van der Waals surface area contributed by atoms with Crippen LogP contribution in [0.15, 0.2) is 63.2 Å². The number of carbonyl (C=O) groups is 1. The zero-order valence-corrected chi connectivity index (χ0v) is 17.2. The van der Waals surface area contributed by atoms with E-state index in [1.807, 2.05) is 0 Å². The lowest BCUT2D eigenvalue weighted by Gasteiger charge is -2.23. The number of hydrogen-bond acceptors (Lipinski definition) is 6. The van der Waals surface area contributed by atoms with Gasteiger partial charge in [-0.2, -0.15) is 4.72 Å². The minimum atomic E-state index is -4.32. The molecule has 0 aliphatic heterocycles. The van der Waals surface area contributed by atoms with E-state index >= 15 is 0 Å². The first-order chi connectivity index (χ1) is 12.4. The van der Waals surface area contributed by atoms with Crippen molar-refractivity contribution < 1.29 is 26.4 Å². The fourth-order valence-electron chi connectivity index (χ4n) is 2.28. The molecule has 0 spiro atoms. The lowest BCUT2D eigenvalue weighted by atomic mass is 10.1. The summed E-state index contributed by atoms with van der Waals surface area (Å²) in [6.07, 6.45) is 0. The van der Waals surface area contributed by atoms with Crippen molar-refractivity contribution in [2.24, 2.45) is 0 Å². The number of esters is 1. The molecule has 0 heterocycles. The van der Waals surface area contributed by atoms with Crippen LogP contribution in [0.3, 0.4) is 0 Å². The maximum atomic E-state index is 12.7. The first-order valence-electron chi connectivity index (χ1n) is 7.64. The van der Waals surface area contributed by atoms with Crippen LogP contribution in [0, 0.1) is 0 Å². The fraction of sp³-hybridized carbons (Fsp3) is 0.235. The highest BCUT2D eigenvalue weighted by atomic mass is 35.5. The second-order valence-corrected chi connectivity index (χ2v) is 10.1. The number of carbonyl (C=O) groups excluding carboxylic acids is 1. The standard InChI is InChI=1S/C17H18ClNO6S2/c1-17(2,16(20)25-3)19-27(23,24)15-11-13(9-10-14(15)18)26(21,22)12-7-5-4-6-8-12/h4-11,19H,1-3H3. The van der Waals surface area contributed by atoms with Crippen LogP contribution in [0.4, 0.5) is 0 Å². The number of benzene rings is 2. The Morgan fingerprint density at radius 3 is 2.15 bits per heavy atom. The number of sulfonamides is 1. The second kappa shape index (κ2) is 7.59. The van der Waals surface area contributed by atoms with Gasteiger partial charge in [0, 0.05) is 0 Å². The molecule has 0 bridgehead atoms. The Bertz CT molecular complexity index is 1060. The topological polar surface area (TPSA) is 107 Å². The molecule has 2 rings (SSSR count). The molecule has 27 heavy (non-hydrogen) atoms. The Labute approximate surface area is 163 Å². The molecule has 0 aliphatic carbocycles. The third kappa shape index (κ3) is 4.49. The van der Waals surface area contributed by atoms with E-state index in [1.54, 1.807) is 18.2 Å². The lowest BCUT2D eigenvalue weighted by Crippen LogP contribution is -2.50. The summed E-state index contributed by atoms with van der Waals surface area (Å²) in [5.74, 6) is -0.810. The molecule has 0 unspecified atom stereocenters. The number of sulfone groups is 1. The summed E-state index contributed by atoms with van der Waals surface area (Å²) in [5.41, 5.74) is -1.58. The minimum Gasteiger partial charge on any atom is -0.468 e. The van der Waals surface area contributed by atoms with Crippen molar-refractivity contribution >= 4 is 37.4 Å². The molecule has 0 radical (unpaired) electrons. The largest absolute Gasteiger partial charge is 0.468 e. The summed E-state index contributed by atoms with van der Waals surface area (Å²) in [7, 11) is -7.14. The number of ether oxygens (including phenoxy) is 1. The summed E-state index contributed by atoms with van der Waals surface area (Å²) >= 11 is 5.99. The fourth-order valence-corrected chi connectivity index (χ4v) is 5.56. The van der Waals surface area contributed by atoms with E-state index in [1.165, 1.54) is 38.1 Å². The molecular weight excluding hydrogens is 414 g/mol. The zero-order valence-electron chi connectivity index (χ0n) is 14.8. The molecular formula is C17H18ClNO6S2. The van der Waals surface area contributed by atoms with Crippen molar-refractivity contribution in [2.75, 3.05) is 7.11 Å². The average molecular weight is 432 g/mol. The number of hydrogen-bond donors (Lipinski definition) is 1. The highest BCUT2D eigenvalue weighted by Crippen LogP contribution is 2.29. The Balaban J connectivity index is 2.54. The SMILES string of the molecule is COC(=O)C(C)(C)NS(=O)(=O)c1cc(S(=O)(=O)c2ccccc2)ccc1Cl. The van der Waals surface area contributed by atoms with E-state index < -0.39 is 36.3 Å². The first kappa shape index (κ1) is 21.4. The van der Waals surface area contributed by atoms with E-state index in [2.05, 4.69) is 9.46 Å². The molecule has 0 fully saturated rings. The predicted molar refractivity (Wildman–Crippen MR) is 99.8 cm³/mol. The maximum absolute atomic E-state index is 12.7. The Morgan fingerprint density at radius 1 is 1.00 bits per heavy atom. The summed E-state index contributed by atoms with van der Waals surface area (Å²) in [6.45, 7) is 2.63. The van der Waals surface area contributed by atoms with Gasteiger partial charge in [0.1, 0.15) is 10.4 Å². The molecule has 0 saturated heterocycles. The Morgan fingerprint density at radius 2 is 1.59 bits per heavy atom. The lowest BCUT2D eigenvalue weighted by molar-refractivity contribution is -0.146. The van der Waals surface area contributed by atoms with E-state index in [0.717, 1.165) is 13.2 Å². The predicted octanol–water partition coefficient (Wildman–Crippen LogP) is 2.40. The van der Waals surface area contributed by atoms with Crippen molar-refractivity contribution in [1.82, 2.24) is 4.72 Å². The molecule has 2 aromatic carbocycles. The molecule has 0 aromatic heterocycles. The average Bonchev–Trinajstić information content (AvgIpc) is 2.60. The molecule has 0 amide bonds. The van der Waals surface area contributed by atoms with Gasteiger partial charge < -0.3 is 4.74 Å². The van der Waals surface area contributed by atoms with Gasteiger partial charge in [-0.1, -0.05) is 29.8 Å². The van der Waals surface area contributed by atoms with Crippen LogP contribution in [0.2, 0.25) is 5.02 Å². The monoisotopic (exact) mass is 431 g/mol. The molecule has 0 atom stereocenters. The maximum Gasteiger partial charge on any atom is 0.326 e. The highest BCUT2D eigenvalue weighted by molar-refractivity contribution is 7.91.